The molecule has 0 amide bonds. The van der Waals surface area contributed by atoms with Crippen molar-refractivity contribution in [3.05, 3.63) is 58.3 Å². The fourth-order valence-corrected chi connectivity index (χ4v) is 2.51. The Morgan fingerprint density at radius 3 is 2.55 bits per heavy atom. The second-order valence-electron chi connectivity index (χ2n) is 4.48. The summed E-state index contributed by atoms with van der Waals surface area (Å²) in [5.74, 6) is -0.118. The van der Waals surface area contributed by atoms with Crippen LogP contribution in [-0.4, -0.2) is 20.6 Å². The third kappa shape index (κ3) is 2.10. The van der Waals surface area contributed by atoms with Crippen molar-refractivity contribution in [2.75, 3.05) is 0 Å². The molecule has 3 aromatic rings. The van der Waals surface area contributed by atoms with E-state index in [-0.39, 0.29) is 5.56 Å². The summed E-state index contributed by atoms with van der Waals surface area (Å²) in [5, 5.41) is 9.03. The van der Waals surface area contributed by atoms with E-state index in [9.17, 15) is 4.79 Å². The number of carbonyl (C=O) groups is 1. The molecule has 20 heavy (non-hydrogen) atoms. The Morgan fingerprint density at radius 1 is 1.20 bits per heavy atom. The van der Waals surface area contributed by atoms with E-state index in [1.165, 1.54) is 0 Å². The number of hydrogen-bond acceptors (Lipinski definition) is 2. The maximum atomic E-state index is 11.0. The van der Waals surface area contributed by atoms with Gasteiger partial charge in [0.25, 0.3) is 0 Å². The van der Waals surface area contributed by atoms with Gasteiger partial charge in [0, 0.05) is 10.2 Å². The molecule has 1 heterocycles. The van der Waals surface area contributed by atoms with Gasteiger partial charge in [-0.05, 0) is 49.4 Å². The molecule has 2 aromatic carbocycles. The summed E-state index contributed by atoms with van der Waals surface area (Å²) in [6.45, 7) is 1.91. The number of nitrogens with zero attached hydrogens (tertiary/aromatic N) is 2. The average Bonchev–Trinajstić information content (AvgIpc) is 2.74. The number of carboxylic acids is 1. The lowest BCUT2D eigenvalue weighted by Gasteiger charge is -2.07. The Kier molecular flexibility index (Phi) is 3.06. The molecule has 0 fully saturated rings. The smallest absolute Gasteiger partial charge is 0.335 e. The van der Waals surface area contributed by atoms with Gasteiger partial charge in [-0.2, -0.15) is 0 Å². The maximum absolute atomic E-state index is 11.0. The molecule has 0 radical (unpaired) electrons. The zero-order valence-electron chi connectivity index (χ0n) is 10.7. The van der Waals surface area contributed by atoms with Gasteiger partial charge in [0.1, 0.15) is 5.82 Å². The van der Waals surface area contributed by atoms with Gasteiger partial charge in [0.15, 0.2) is 0 Å². The zero-order valence-corrected chi connectivity index (χ0v) is 12.3. The summed E-state index contributed by atoms with van der Waals surface area (Å²) in [6.07, 6.45) is 0. The Balaban J connectivity index is 2.23. The first-order valence-electron chi connectivity index (χ1n) is 6.04. The number of aryl methyl sites for hydroxylation is 1. The molecular formula is C15H11BrN2O2. The maximum Gasteiger partial charge on any atom is 0.335 e. The van der Waals surface area contributed by atoms with E-state index in [0.717, 1.165) is 21.5 Å². The number of hydrogen-bond donors (Lipinski definition) is 1. The lowest BCUT2D eigenvalue weighted by atomic mass is 10.2. The van der Waals surface area contributed by atoms with Crippen LogP contribution in [0.1, 0.15) is 16.2 Å². The van der Waals surface area contributed by atoms with Crippen molar-refractivity contribution >= 4 is 32.9 Å². The molecule has 0 unspecified atom stereocenters. The summed E-state index contributed by atoms with van der Waals surface area (Å²) < 4.78 is 3.02. The van der Waals surface area contributed by atoms with Gasteiger partial charge in [-0.15, -0.1) is 0 Å². The van der Waals surface area contributed by atoms with Crippen LogP contribution in [0.15, 0.2) is 46.9 Å². The van der Waals surface area contributed by atoms with E-state index < -0.39 is 5.97 Å². The lowest BCUT2D eigenvalue weighted by Crippen LogP contribution is -1.97. The SMILES string of the molecule is Cc1nc2cc(C(=O)O)ccc2n1-c1ccc(Br)cc1. The highest BCUT2D eigenvalue weighted by atomic mass is 79.9. The van der Waals surface area contributed by atoms with E-state index >= 15 is 0 Å². The molecule has 100 valence electrons. The summed E-state index contributed by atoms with van der Waals surface area (Å²) in [5.41, 5.74) is 2.83. The first-order valence-corrected chi connectivity index (χ1v) is 6.84. The fraction of sp³-hybridized carbons (Fsp3) is 0.0667. The van der Waals surface area contributed by atoms with E-state index in [1.807, 2.05) is 35.8 Å². The quantitative estimate of drug-likeness (QED) is 0.777. The van der Waals surface area contributed by atoms with Crippen LogP contribution in [0, 0.1) is 6.92 Å². The molecule has 5 heteroatoms. The van der Waals surface area contributed by atoms with Crippen molar-refractivity contribution in [2.45, 2.75) is 6.92 Å². The molecule has 0 saturated carbocycles. The molecule has 0 aliphatic carbocycles. The molecular weight excluding hydrogens is 320 g/mol. The minimum atomic E-state index is -0.942. The van der Waals surface area contributed by atoms with Gasteiger partial charge >= 0.3 is 5.97 Å². The van der Waals surface area contributed by atoms with Crippen molar-refractivity contribution in [1.82, 2.24) is 9.55 Å². The van der Waals surface area contributed by atoms with Crippen LogP contribution in [0.3, 0.4) is 0 Å². The number of halogens is 1. The van der Waals surface area contributed by atoms with Crippen molar-refractivity contribution in [1.29, 1.82) is 0 Å². The number of aromatic nitrogens is 2. The van der Waals surface area contributed by atoms with Crippen LogP contribution in [-0.2, 0) is 0 Å². The van der Waals surface area contributed by atoms with E-state index in [0.29, 0.717) is 5.52 Å². The number of imidazole rings is 1. The van der Waals surface area contributed by atoms with Crippen LogP contribution >= 0.6 is 15.9 Å². The van der Waals surface area contributed by atoms with Gasteiger partial charge < -0.3 is 5.11 Å². The molecule has 0 atom stereocenters. The van der Waals surface area contributed by atoms with Gasteiger partial charge in [-0.3, -0.25) is 4.57 Å². The van der Waals surface area contributed by atoms with Crippen molar-refractivity contribution < 1.29 is 9.90 Å². The number of carboxylic acid groups (broad SMARTS) is 1. The second-order valence-corrected chi connectivity index (χ2v) is 5.40. The monoisotopic (exact) mass is 330 g/mol. The summed E-state index contributed by atoms with van der Waals surface area (Å²) in [6, 6.07) is 12.9. The fourth-order valence-electron chi connectivity index (χ4n) is 2.25. The molecule has 0 spiro atoms. The van der Waals surface area contributed by atoms with Crippen LogP contribution in [0.5, 0.6) is 0 Å². The van der Waals surface area contributed by atoms with E-state index in [2.05, 4.69) is 20.9 Å². The standard InChI is InChI=1S/C15H11BrN2O2/c1-9-17-13-8-10(15(19)20)2-7-14(13)18(9)12-5-3-11(16)4-6-12/h2-8H,1H3,(H,19,20). The summed E-state index contributed by atoms with van der Waals surface area (Å²) in [7, 11) is 0. The normalized spacial score (nSPS) is 10.9. The molecule has 4 nitrogen and oxygen atoms in total. The van der Waals surface area contributed by atoms with E-state index in [4.69, 9.17) is 5.11 Å². The van der Waals surface area contributed by atoms with Gasteiger partial charge in [0.05, 0.1) is 16.6 Å². The van der Waals surface area contributed by atoms with Crippen LogP contribution in [0.2, 0.25) is 0 Å². The molecule has 0 saturated heterocycles. The van der Waals surface area contributed by atoms with Crippen LogP contribution in [0.25, 0.3) is 16.7 Å². The predicted octanol–water partition coefficient (Wildman–Crippen LogP) is 3.79. The Morgan fingerprint density at radius 2 is 1.90 bits per heavy atom. The largest absolute Gasteiger partial charge is 0.478 e. The molecule has 0 aliphatic rings. The number of benzene rings is 2. The van der Waals surface area contributed by atoms with Crippen molar-refractivity contribution in [3.8, 4) is 5.69 Å². The topological polar surface area (TPSA) is 55.1 Å². The zero-order chi connectivity index (χ0) is 14.3. The van der Waals surface area contributed by atoms with Crippen LogP contribution < -0.4 is 0 Å². The highest BCUT2D eigenvalue weighted by Gasteiger charge is 2.11. The third-order valence-electron chi connectivity index (χ3n) is 3.15. The minimum Gasteiger partial charge on any atom is -0.478 e. The highest BCUT2D eigenvalue weighted by molar-refractivity contribution is 9.10. The lowest BCUT2D eigenvalue weighted by molar-refractivity contribution is 0.0697. The second kappa shape index (κ2) is 4.76. The van der Waals surface area contributed by atoms with Crippen molar-refractivity contribution in [3.63, 3.8) is 0 Å². The number of fused-ring (bicyclic) bond motifs is 1. The Labute approximate surface area is 123 Å². The van der Waals surface area contributed by atoms with Gasteiger partial charge in [0.2, 0.25) is 0 Å². The first-order chi connectivity index (χ1) is 9.56. The minimum absolute atomic E-state index is 0.248. The van der Waals surface area contributed by atoms with Crippen LogP contribution in [0.4, 0.5) is 0 Å². The van der Waals surface area contributed by atoms with Gasteiger partial charge in [-0.1, -0.05) is 15.9 Å². The summed E-state index contributed by atoms with van der Waals surface area (Å²) >= 11 is 3.41. The molecule has 1 N–H and O–H groups in total. The average molecular weight is 331 g/mol. The number of aromatic carboxylic acids is 1. The Hall–Kier alpha value is -2.14. The predicted molar refractivity (Wildman–Crippen MR) is 80.5 cm³/mol. The molecule has 3 rings (SSSR count). The third-order valence-corrected chi connectivity index (χ3v) is 3.68. The highest BCUT2D eigenvalue weighted by Crippen LogP contribution is 2.23. The van der Waals surface area contributed by atoms with Gasteiger partial charge in [-0.25, -0.2) is 9.78 Å². The van der Waals surface area contributed by atoms with E-state index in [1.54, 1.807) is 18.2 Å². The first kappa shape index (κ1) is 12.9. The van der Waals surface area contributed by atoms with Crippen molar-refractivity contribution in [2.24, 2.45) is 0 Å². The molecule has 0 aliphatic heterocycles. The molecule has 1 aromatic heterocycles. The Bertz CT molecular complexity index is 807. The summed E-state index contributed by atoms with van der Waals surface area (Å²) in [4.78, 5) is 15.4. The molecule has 0 bridgehead atoms. The number of rotatable bonds is 2.